The van der Waals surface area contributed by atoms with Crippen molar-refractivity contribution in [2.45, 2.75) is 13.5 Å². The highest BCUT2D eigenvalue weighted by molar-refractivity contribution is 5.92. The van der Waals surface area contributed by atoms with Gasteiger partial charge in [0.1, 0.15) is 18.1 Å². The fraction of sp³-hybridized carbons (Fsp3) is 0.167. The third-order valence-electron chi connectivity index (χ3n) is 2.13. The van der Waals surface area contributed by atoms with E-state index in [1.54, 1.807) is 6.07 Å². The van der Waals surface area contributed by atoms with Gasteiger partial charge in [0.25, 0.3) is 0 Å². The molecule has 1 N–H and O–H groups in total. The number of ketones is 1. The maximum Gasteiger partial charge on any atom is 0.179 e. The van der Waals surface area contributed by atoms with Gasteiger partial charge in [-0.2, -0.15) is 5.10 Å². The summed E-state index contributed by atoms with van der Waals surface area (Å²) in [5.74, 6) is 0.740. The lowest BCUT2D eigenvalue weighted by molar-refractivity contribution is 0.101. The van der Waals surface area contributed by atoms with Crippen LogP contribution in [0.2, 0.25) is 0 Å². The van der Waals surface area contributed by atoms with E-state index in [1.165, 1.54) is 6.92 Å². The van der Waals surface area contributed by atoms with Gasteiger partial charge < -0.3 is 4.74 Å². The van der Waals surface area contributed by atoms with Crippen molar-refractivity contribution in [2.75, 3.05) is 0 Å². The van der Waals surface area contributed by atoms with Gasteiger partial charge in [-0.15, -0.1) is 0 Å². The molecule has 0 aliphatic rings. The Morgan fingerprint density at radius 1 is 1.38 bits per heavy atom. The summed E-state index contributed by atoms with van der Waals surface area (Å²) >= 11 is 0. The number of nitrogens with one attached hydrogen (secondary N) is 1. The Balaban J connectivity index is 1.97. The molecule has 0 aliphatic carbocycles. The summed E-state index contributed by atoms with van der Waals surface area (Å²) in [5, 5.41) is 6.63. The molecule has 0 atom stereocenters. The number of carbonyl (C=O) groups is 1. The minimum Gasteiger partial charge on any atom is -0.487 e. The normalized spacial score (nSPS) is 10.1. The molecule has 0 amide bonds. The van der Waals surface area contributed by atoms with E-state index < -0.39 is 0 Å². The second-order valence-electron chi connectivity index (χ2n) is 3.44. The number of Topliss-reactive ketones (excluding diaryl/α,β-unsaturated/α-hetero) is 1. The van der Waals surface area contributed by atoms with Crippen molar-refractivity contribution in [1.29, 1.82) is 0 Å². The molecular weight excluding hydrogens is 204 g/mol. The first-order chi connectivity index (χ1) is 7.75. The predicted octanol–water partition coefficient (Wildman–Crippen LogP) is 2.19. The van der Waals surface area contributed by atoms with Crippen LogP contribution in [0.25, 0.3) is 0 Å². The van der Waals surface area contributed by atoms with Crippen molar-refractivity contribution < 1.29 is 9.53 Å². The van der Waals surface area contributed by atoms with Crippen molar-refractivity contribution in [3.63, 3.8) is 0 Å². The first-order valence-corrected chi connectivity index (χ1v) is 4.99. The molecule has 82 valence electrons. The maximum absolute atomic E-state index is 11.0. The molecule has 2 aromatic rings. The summed E-state index contributed by atoms with van der Waals surface area (Å²) in [5.41, 5.74) is 1.22. The zero-order valence-corrected chi connectivity index (χ0v) is 8.93. The van der Waals surface area contributed by atoms with E-state index >= 15 is 0 Å². The van der Waals surface area contributed by atoms with Gasteiger partial charge in [-0.25, -0.2) is 0 Å². The van der Waals surface area contributed by atoms with Crippen molar-refractivity contribution in [1.82, 2.24) is 10.2 Å². The van der Waals surface area contributed by atoms with Crippen LogP contribution in [-0.4, -0.2) is 16.0 Å². The maximum atomic E-state index is 11.0. The number of H-pyrrole nitrogens is 1. The smallest absolute Gasteiger partial charge is 0.179 e. The molecule has 0 saturated carbocycles. The number of ether oxygens (including phenoxy) is 1. The van der Waals surface area contributed by atoms with E-state index in [0.717, 1.165) is 11.4 Å². The minimum absolute atomic E-state index is 0.0535. The van der Waals surface area contributed by atoms with Crippen LogP contribution >= 0.6 is 0 Å². The number of benzene rings is 1. The van der Waals surface area contributed by atoms with Gasteiger partial charge in [0, 0.05) is 6.92 Å². The fourth-order valence-electron chi connectivity index (χ4n) is 1.29. The Hall–Kier alpha value is -2.10. The fourth-order valence-corrected chi connectivity index (χ4v) is 1.29. The van der Waals surface area contributed by atoms with Crippen molar-refractivity contribution in [3.8, 4) is 5.75 Å². The van der Waals surface area contributed by atoms with E-state index in [1.807, 2.05) is 30.3 Å². The lowest BCUT2D eigenvalue weighted by Gasteiger charge is -2.02. The molecule has 0 spiro atoms. The highest BCUT2D eigenvalue weighted by Crippen LogP contribution is 2.11. The van der Waals surface area contributed by atoms with Gasteiger partial charge in [0.05, 0.1) is 5.69 Å². The molecule has 1 aromatic carbocycles. The number of aromatic nitrogens is 2. The Bertz CT molecular complexity index is 477. The summed E-state index contributed by atoms with van der Waals surface area (Å²) in [6, 6.07) is 11.2. The zero-order valence-electron chi connectivity index (χ0n) is 8.93. The third kappa shape index (κ3) is 2.48. The van der Waals surface area contributed by atoms with Gasteiger partial charge in [-0.3, -0.25) is 9.89 Å². The summed E-state index contributed by atoms with van der Waals surface area (Å²) in [7, 11) is 0. The molecule has 0 radical (unpaired) electrons. The van der Waals surface area contributed by atoms with Crippen LogP contribution < -0.4 is 4.74 Å². The van der Waals surface area contributed by atoms with E-state index in [-0.39, 0.29) is 5.78 Å². The average Bonchev–Trinajstić information content (AvgIpc) is 2.76. The number of nitrogens with zero attached hydrogens (tertiary/aromatic N) is 1. The van der Waals surface area contributed by atoms with E-state index in [2.05, 4.69) is 10.2 Å². The lowest BCUT2D eigenvalue weighted by Crippen LogP contribution is -1.95. The molecule has 0 aliphatic heterocycles. The number of hydrogen-bond donors (Lipinski definition) is 1. The van der Waals surface area contributed by atoms with Crippen LogP contribution in [0.3, 0.4) is 0 Å². The lowest BCUT2D eigenvalue weighted by atomic mass is 10.3. The molecular formula is C12H12N2O2. The Morgan fingerprint density at radius 2 is 2.12 bits per heavy atom. The summed E-state index contributed by atoms with van der Waals surface area (Å²) in [4.78, 5) is 11.0. The van der Waals surface area contributed by atoms with Crippen LogP contribution in [-0.2, 0) is 6.61 Å². The average molecular weight is 216 g/mol. The highest BCUT2D eigenvalue weighted by atomic mass is 16.5. The summed E-state index contributed by atoms with van der Waals surface area (Å²) in [6.45, 7) is 1.86. The van der Waals surface area contributed by atoms with Crippen LogP contribution in [0.4, 0.5) is 0 Å². The summed E-state index contributed by atoms with van der Waals surface area (Å²) in [6.07, 6.45) is 0. The topological polar surface area (TPSA) is 55.0 Å². The number of carbonyl (C=O) groups excluding carboxylic acids is 1. The molecule has 0 bridgehead atoms. The van der Waals surface area contributed by atoms with Gasteiger partial charge in [-0.05, 0) is 18.2 Å². The van der Waals surface area contributed by atoms with Gasteiger partial charge in [0.15, 0.2) is 5.78 Å². The van der Waals surface area contributed by atoms with Gasteiger partial charge in [0.2, 0.25) is 0 Å². The second-order valence-corrected chi connectivity index (χ2v) is 3.44. The van der Waals surface area contributed by atoms with Crippen molar-refractivity contribution in [2.24, 2.45) is 0 Å². The molecule has 4 heteroatoms. The van der Waals surface area contributed by atoms with Gasteiger partial charge in [-0.1, -0.05) is 18.2 Å². The molecule has 2 rings (SSSR count). The van der Waals surface area contributed by atoms with Crippen LogP contribution in [0.1, 0.15) is 23.1 Å². The highest BCUT2D eigenvalue weighted by Gasteiger charge is 2.05. The van der Waals surface area contributed by atoms with Crippen LogP contribution in [0, 0.1) is 0 Å². The van der Waals surface area contributed by atoms with E-state index in [4.69, 9.17) is 4.74 Å². The zero-order chi connectivity index (χ0) is 11.4. The molecule has 0 saturated heterocycles. The monoisotopic (exact) mass is 216 g/mol. The number of hydrogen-bond acceptors (Lipinski definition) is 3. The SMILES string of the molecule is CC(=O)c1cc(COc2ccccc2)[nH]n1. The Kier molecular flexibility index (Phi) is 3.00. The molecule has 0 unspecified atom stereocenters. The van der Waals surface area contributed by atoms with Crippen molar-refractivity contribution >= 4 is 5.78 Å². The third-order valence-corrected chi connectivity index (χ3v) is 2.13. The summed E-state index contributed by atoms with van der Waals surface area (Å²) < 4.78 is 5.50. The molecule has 1 heterocycles. The van der Waals surface area contributed by atoms with E-state index in [0.29, 0.717) is 12.3 Å². The van der Waals surface area contributed by atoms with Crippen LogP contribution in [0.5, 0.6) is 5.75 Å². The van der Waals surface area contributed by atoms with Crippen LogP contribution in [0.15, 0.2) is 36.4 Å². The first-order valence-electron chi connectivity index (χ1n) is 4.99. The molecule has 0 fully saturated rings. The van der Waals surface area contributed by atoms with Crippen molar-refractivity contribution in [3.05, 3.63) is 47.8 Å². The largest absolute Gasteiger partial charge is 0.487 e. The molecule has 1 aromatic heterocycles. The van der Waals surface area contributed by atoms with Gasteiger partial charge >= 0.3 is 0 Å². The minimum atomic E-state index is -0.0535. The first kappa shape index (κ1) is 10.4. The number of aromatic amines is 1. The quantitative estimate of drug-likeness (QED) is 0.797. The second kappa shape index (κ2) is 4.61. The van der Waals surface area contributed by atoms with E-state index in [9.17, 15) is 4.79 Å². The number of para-hydroxylation sites is 1. The standard InChI is InChI=1S/C12H12N2O2/c1-9(15)12-7-10(13-14-12)8-16-11-5-3-2-4-6-11/h2-7H,8H2,1H3,(H,13,14). The predicted molar refractivity (Wildman–Crippen MR) is 59.4 cm³/mol. The Labute approximate surface area is 93.3 Å². The number of rotatable bonds is 4. The molecule has 16 heavy (non-hydrogen) atoms. The Morgan fingerprint density at radius 3 is 2.75 bits per heavy atom. The molecule has 4 nitrogen and oxygen atoms in total.